The molecule has 14 heavy (non-hydrogen) atoms. The maximum Gasteiger partial charge on any atom is 0.315 e. The van der Waals surface area contributed by atoms with Gasteiger partial charge in [0.25, 0.3) is 0 Å². The standard InChI is InChI=1S/C8H16N2O4/c1-6(5-14-2)10-8(13)9-4-3-7(11)12/h6H,3-5H2,1-2H3,(H,11,12)(H2,9,10,13). The molecule has 0 rings (SSSR count). The first-order valence-corrected chi connectivity index (χ1v) is 4.31. The molecule has 82 valence electrons. The highest BCUT2D eigenvalue weighted by Crippen LogP contribution is 1.82. The van der Waals surface area contributed by atoms with Crippen LogP contribution in [0.5, 0.6) is 0 Å². The SMILES string of the molecule is COCC(C)NC(=O)NCCC(=O)O. The van der Waals surface area contributed by atoms with E-state index in [1.807, 2.05) is 0 Å². The summed E-state index contributed by atoms with van der Waals surface area (Å²) >= 11 is 0. The van der Waals surface area contributed by atoms with Crippen LogP contribution in [0.25, 0.3) is 0 Å². The van der Waals surface area contributed by atoms with Gasteiger partial charge in [-0.15, -0.1) is 0 Å². The van der Waals surface area contributed by atoms with Crippen LogP contribution in [0, 0.1) is 0 Å². The highest BCUT2D eigenvalue weighted by Gasteiger charge is 2.06. The van der Waals surface area contributed by atoms with Crippen molar-refractivity contribution in [3.8, 4) is 0 Å². The number of carboxylic acid groups (broad SMARTS) is 1. The van der Waals surface area contributed by atoms with Crippen LogP contribution in [0.2, 0.25) is 0 Å². The Hall–Kier alpha value is -1.30. The molecule has 0 aromatic heterocycles. The molecular formula is C8H16N2O4. The van der Waals surface area contributed by atoms with Crippen LogP contribution < -0.4 is 10.6 Å². The lowest BCUT2D eigenvalue weighted by atomic mass is 10.4. The average Bonchev–Trinajstić information content (AvgIpc) is 2.03. The minimum atomic E-state index is -0.935. The van der Waals surface area contributed by atoms with Gasteiger partial charge in [-0.25, -0.2) is 4.79 Å². The summed E-state index contributed by atoms with van der Waals surface area (Å²) in [5.41, 5.74) is 0. The Morgan fingerprint density at radius 1 is 1.50 bits per heavy atom. The van der Waals surface area contributed by atoms with Gasteiger partial charge in [-0.2, -0.15) is 0 Å². The maximum atomic E-state index is 11.0. The predicted molar refractivity (Wildman–Crippen MR) is 50.1 cm³/mol. The van der Waals surface area contributed by atoms with Crippen molar-refractivity contribution in [2.75, 3.05) is 20.3 Å². The lowest BCUT2D eigenvalue weighted by Gasteiger charge is -2.12. The van der Waals surface area contributed by atoms with Gasteiger partial charge in [-0.1, -0.05) is 0 Å². The molecule has 0 aliphatic rings. The number of rotatable bonds is 6. The Bertz CT molecular complexity index is 196. The molecule has 0 saturated carbocycles. The first-order valence-electron chi connectivity index (χ1n) is 4.31. The van der Waals surface area contributed by atoms with Crippen LogP contribution in [-0.4, -0.2) is 43.4 Å². The highest BCUT2D eigenvalue weighted by molar-refractivity contribution is 5.75. The van der Waals surface area contributed by atoms with Gasteiger partial charge in [0, 0.05) is 13.7 Å². The molecule has 0 radical (unpaired) electrons. The lowest BCUT2D eigenvalue weighted by Crippen LogP contribution is -2.43. The molecule has 1 atom stereocenters. The van der Waals surface area contributed by atoms with Gasteiger partial charge < -0.3 is 20.5 Å². The number of ether oxygens (including phenoxy) is 1. The molecule has 6 nitrogen and oxygen atoms in total. The molecule has 3 N–H and O–H groups in total. The minimum Gasteiger partial charge on any atom is -0.481 e. The predicted octanol–water partition coefficient (Wildman–Crippen LogP) is -0.205. The third-order valence-corrected chi connectivity index (χ3v) is 1.42. The third-order valence-electron chi connectivity index (χ3n) is 1.42. The number of carbonyl (C=O) groups is 2. The second kappa shape index (κ2) is 7.14. The molecule has 0 aromatic carbocycles. The molecule has 0 saturated heterocycles. The van der Waals surface area contributed by atoms with E-state index in [0.717, 1.165) is 0 Å². The van der Waals surface area contributed by atoms with Gasteiger partial charge >= 0.3 is 12.0 Å². The Morgan fingerprint density at radius 3 is 2.64 bits per heavy atom. The largest absolute Gasteiger partial charge is 0.481 e. The van der Waals surface area contributed by atoms with E-state index in [2.05, 4.69) is 10.6 Å². The van der Waals surface area contributed by atoms with Crippen molar-refractivity contribution < 1.29 is 19.4 Å². The first kappa shape index (κ1) is 12.7. The monoisotopic (exact) mass is 204 g/mol. The van der Waals surface area contributed by atoms with E-state index in [1.54, 1.807) is 14.0 Å². The van der Waals surface area contributed by atoms with Crippen molar-refractivity contribution in [1.82, 2.24) is 10.6 Å². The van der Waals surface area contributed by atoms with Crippen molar-refractivity contribution in [3.05, 3.63) is 0 Å². The van der Waals surface area contributed by atoms with Crippen molar-refractivity contribution in [2.24, 2.45) is 0 Å². The zero-order chi connectivity index (χ0) is 11.0. The van der Waals surface area contributed by atoms with Crippen LogP contribution in [0.4, 0.5) is 4.79 Å². The first-order chi connectivity index (χ1) is 6.56. The fourth-order valence-corrected chi connectivity index (χ4v) is 0.849. The quantitative estimate of drug-likeness (QED) is 0.559. The van der Waals surface area contributed by atoms with Crippen LogP contribution in [0.15, 0.2) is 0 Å². The fraction of sp³-hybridized carbons (Fsp3) is 0.750. The Labute approximate surface area is 82.6 Å². The van der Waals surface area contributed by atoms with E-state index >= 15 is 0 Å². The number of hydrogen-bond donors (Lipinski definition) is 3. The highest BCUT2D eigenvalue weighted by atomic mass is 16.5. The van der Waals surface area contributed by atoms with Crippen LogP contribution >= 0.6 is 0 Å². The van der Waals surface area contributed by atoms with E-state index in [1.165, 1.54) is 0 Å². The zero-order valence-electron chi connectivity index (χ0n) is 8.37. The summed E-state index contributed by atoms with van der Waals surface area (Å²) in [5.74, 6) is -0.935. The Kier molecular flexibility index (Phi) is 6.47. The Morgan fingerprint density at radius 2 is 2.14 bits per heavy atom. The van der Waals surface area contributed by atoms with Crippen molar-refractivity contribution in [2.45, 2.75) is 19.4 Å². The summed E-state index contributed by atoms with van der Waals surface area (Å²) in [6.07, 6.45) is -0.0773. The molecule has 0 fully saturated rings. The van der Waals surface area contributed by atoms with E-state index < -0.39 is 5.97 Å². The topological polar surface area (TPSA) is 87.7 Å². The molecule has 0 aromatic rings. The smallest absolute Gasteiger partial charge is 0.315 e. The van der Waals surface area contributed by atoms with Gasteiger partial charge in [-0.3, -0.25) is 4.79 Å². The minimum absolute atomic E-state index is 0.0773. The molecule has 0 aliphatic carbocycles. The normalized spacial score (nSPS) is 11.9. The summed E-state index contributed by atoms with van der Waals surface area (Å²) < 4.78 is 4.81. The summed E-state index contributed by atoms with van der Waals surface area (Å²) in [7, 11) is 1.54. The number of hydrogen-bond acceptors (Lipinski definition) is 3. The zero-order valence-corrected chi connectivity index (χ0v) is 8.37. The molecular weight excluding hydrogens is 188 g/mol. The van der Waals surface area contributed by atoms with Gasteiger partial charge in [-0.05, 0) is 6.92 Å². The number of urea groups is 1. The molecule has 0 bridgehead atoms. The summed E-state index contributed by atoms with van der Waals surface area (Å²) in [6, 6.07) is -0.472. The molecule has 0 heterocycles. The van der Waals surface area contributed by atoms with Gasteiger partial charge in [0.05, 0.1) is 19.1 Å². The van der Waals surface area contributed by atoms with Crippen LogP contribution in [0.1, 0.15) is 13.3 Å². The number of amides is 2. The number of nitrogens with one attached hydrogen (secondary N) is 2. The number of carbonyl (C=O) groups excluding carboxylic acids is 1. The molecule has 1 unspecified atom stereocenters. The van der Waals surface area contributed by atoms with Crippen LogP contribution in [-0.2, 0) is 9.53 Å². The molecule has 6 heteroatoms. The van der Waals surface area contributed by atoms with E-state index in [-0.39, 0.29) is 25.0 Å². The number of carboxylic acids is 1. The lowest BCUT2D eigenvalue weighted by molar-refractivity contribution is -0.136. The number of aliphatic carboxylic acids is 1. The summed E-state index contributed by atoms with van der Waals surface area (Å²) in [5, 5.41) is 13.3. The summed E-state index contributed by atoms with van der Waals surface area (Å²) in [4.78, 5) is 21.2. The van der Waals surface area contributed by atoms with Crippen molar-refractivity contribution in [3.63, 3.8) is 0 Å². The number of methoxy groups -OCH3 is 1. The molecule has 0 spiro atoms. The Balaban J connectivity index is 3.50. The van der Waals surface area contributed by atoms with E-state index in [9.17, 15) is 9.59 Å². The van der Waals surface area contributed by atoms with Gasteiger partial charge in [0.2, 0.25) is 0 Å². The van der Waals surface area contributed by atoms with Crippen LogP contribution in [0.3, 0.4) is 0 Å². The van der Waals surface area contributed by atoms with Gasteiger partial charge in [0.15, 0.2) is 0 Å². The van der Waals surface area contributed by atoms with E-state index in [0.29, 0.717) is 6.61 Å². The van der Waals surface area contributed by atoms with Crippen molar-refractivity contribution in [1.29, 1.82) is 0 Å². The average molecular weight is 204 g/mol. The van der Waals surface area contributed by atoms with E-state index in [4.69, 9.17) is 9.84 Å². The maximum absolute atomic E-state index is 11.0. The molecule has 0 aliphatic heterocycles. The molecule has 2 amide bonds. The third kappa shape index (κ3) is 7.35. The van der Waals surface area contributed by atoms with Crippen molar-refractivity contribution >= 4 is 12.0 Å². The second-order valence-electron chi connectivity index (χ2n) is 2.90. The second-order valence-corrected chi connectivity index (χ2v) is 2.90. The fourth-order valence-electron chi connectivity index (χ4n) is 0.849. The van der Waals surface area contributed by atoms with Gasteiger partial charge in [0.1, 0.15) is 0 Å². The summed E-state index contributed by atoms with van der Waals surface area (Å²) in [6.45, 7) is 2.34.